The molecule has 0 aliphatic heterocycles. The van der Waals surface area contributed by atoms with Gasteiger partial charge in [0.25, 0.3) is 11.8 Å². The molecule has 0 unspecified atom stereocenters. The van der Waals surface area contributed by atoms with E-state index in [1.807, 2.05) is 12.1 Å². The van der Waals surface area contributed by atoms with Crippen molar-refractivity contribution in [2.24, 2.45) is 7.05 Å². The van der Waals surface area contributed by atoms with Crippen molar-refractivity contribution in [3.05, 3.63) is 41.0 Å². The molecule has 26 heavy (non-hydrogen) atoms. The molecule has 1 aliphatic carbocycles. The van der Waals surface area contributed by atoms with Crippen LogP contribution in [0.4, 0.5) is 8.78 Å². The Kier molecular flexibility index (Phi) is 3.90. The molecule has 2 heterocycles. The zero-order valence-corrected chi connectivity index (χ0v) is 13.6. The van der Waals surface area contributed by atoms with Gasteiger partial charge in [-0.1, -0.05) is 17.3 Å². The van der Waals surface area contributed by atoms with Crippen molar-refractivity contribution in [3.63, 3.8) is 0 Å². The molecular formula is C15H13F2N7O2. The van der Waals surface area contributed by atoms with Gasteiger partial charge in [0.15, 0.2) is 0 Å². The molecule has 0 spiro atoms. The third kappa shape index (κ3) is 2.80. The average Bonchev–Trinajstić information content (AvgIpc) is 3.34. The Morgan fingerprint density at radius 2 is 2.27 bits per heavy atom. The van der Waals surface area contributed by atoms with Gasteiger partial charge in [0.2, 0.25) is 11.6 Å². The highest BCUT2D eigenvalue weighted by Crippen LogP contribution is 2.34. The van der Waals surface area contributed by atoms with Crippen molar-refractivity contribution in [3.8, 4) is 11.4 Å². The van der Waals surface area contributed by atoms with Gasteiger partial charge in [-0.25, -0.2) is 4.68 Å². The standard InChI is InChI=1S/C15H13F2N7O2/c1-24-13(20-22-23-24)14(25)18-10-5-3-7-6-8(2-4-9(7)10)12-19-15(11(16)17)26-21-12/h2,4,6,10-11H,3,5H2,1H3,(H,18,25)/t10-/m1/s1. The monoisotopic (exact) mass is 361 g/mol. The predicted molar refractivity (Wildman–Crippen MR) is 82.0 cm³/mol. The van der Waals surface area contributed by atoms with Crippen LogP contribution in [0.15, 0.2) is 22.7 Å². The van der Waals surface area contributed by atoms with Gasteiger partial charge in [-0.05, 0) is 40.5 Å². The zero-order chi connectivity index (χ0) is 18.3. The second kappa shape index (κ2) is 6.24. The first-order chi connectivity index (χ1) is 12.5. The molecule has 11 heteroatoms. The minimum Gasteiger partial charge on any atom is -0.342 e. The maximum absolute atomic E-state index is 12.6. The van der Waals surface area contributed by atoms with E-state index in [-0.39, 0.29) is 23.6 Å². The molecule has 0 bridgehead atoms. The number of tetrazole rings is 1. The Bertz CT molecular complexity index is 969. The maximum Gasteiger partial charge on any atom is 0.315 e. The first kappa shape index (κ1) is 16.2. The van der Waals surface area contributed by atoms with Crippen molar-refractivity contribution in [1.82, 2.24) is 35.7 Å². The van der Waals surface area contributed by atoms with Crippen LogP contribution in [-0.4, -0.2) is 36.3 Å². The number of nitrogens with one attached hydrogen (secondary N) is 1. The van der Waals surface area contributed by atoms with E-state index in [1.165, 1.54) is 4.68 Å². The van der Waals surface area contributed by atoms with Gasteiger partial charge in [-0.2, -0.15) is 13.8 Å². The highest BCUT2D eigenvalue weighted by Gasteiger charge is 2.27. The van der Waals surface area contributed by atoms with E-state index in [0.29, 0.717) is 12.0 Å². The van der Waals surface area contributed by atoms with E-state index in [2.05, 4.69) is 35.5 Å². The third-order valence-corrected chi connectivity index (χ3v) is 4.24. The number of aryl methyl sites for hydroxylation is 2. The Hall–Kier alpha value is -3.24. The quantitative estimate of drug-likeness (QED) is 0.751. The number of benzene rings is 1. The smallest absolute Gasteiger partial charge is 0.315 e. The lowest BCUT2D eigenvalue weighted by atomic mass is 10.0. The Morgan fingerprint density at radius 3 is 2.96 bits per heavy atom. The van der Waals surface area contributed by atoms with Crippen LogP contribution >= 0.6 is 0 Å². The summed E-state index contributed by atoms with van der Waals surface area (Å²) in [5.74, 6) is -0.829. The molecular weight excluding hydrogens is 348 g/mol. The minimum absolute atomic E-state index is 0.112. The number of halogens is 2. The van der Waals surface area contributed by atoms with Crippen molar-refractivity contribution in [2.45, 2.75) is 25.3 Å². The molecule has 0 saturated heterocycles. The minimum atomic E-state index is -2.81. The van der Waals surface area contributed by atoms with Crippen LogP contribution in [0.2, 0.25) is 0 Å². The molecule has 0 saturated carbocycles. The fraction of sp³-hybridized carbons (Fsp3) is 0.333. The van der Waals surface area contributed by atoms with Gasteiger partial charge in [-0.15, -0.1) is 5.10 Å². The zero-order valence-electron chi connectivity index (χ0n) is 13.6. The normalized spacial score (nSPS) is 16.1. The van der Waals surface area contributed by atoms with Crippen molar-refractivity contribution in [1.29, 1.82) is 0 Å². The molecule has 1 atom stereocenters. The molecule has 1 N–H and O–H groups in total. The Balaban J connectivity index is 1.54. The van der Waals surface area contributed by atoms with E-state index in [4.69, 9.17) is 0 Å². The van der Waals surface area contributed by atoms with Gasteiger partial charge in [0.1, 0.15) is 0 Å². The van der Waals surface area contributed by atoms with Crippen LogP contribution in [0.5, 0.6) is 0 Å². The first-order valence-corrected chi connectivity index (χ1v) is 7.81. The number of carbonyl (C=O) groups is 1. The first-order valence-electron chi connectivity index (χ1n) is 7.81. The molecule has 3 aromatic rings. The lowest BCUT2D eigenvalue weighted by Crippen LogP contribution is -2.29. The summed E-state index contributed by atoms with van der Waals surface area (Å²) in [7, 11) is 1.59. The molecule has 0 radical (unpaired) electrons. The van der Waals surface area contributed by atoms with Crippen LogP contribution in [0.25, 0.3) is 11.4 Å². The fourth-order valence-electron chi connectivity index (χ4n) is 2.99. The topological polar surface area (TPSA) is 112 Å². The summed E-state index contributed by atoms with van der Waals surface area (Å²) >= 11 is 0. The number of nitrogens with zero attached hydrogens (tertiary/aromatic N) is 6. The molecule has 1 aliphatic rings. The summed E-state index contributed by atoms with van der Waals surface area (Å²) in [6, 6.07) is 5.19. The lowest BCUT2D eigenvalue weighted by molar-refractivity contribution is 0.0921. The molecule has 2 aromatic heterocycles. The third-order valence-electron chi connectivity index (χ3n) is 4.24. The van der Waals surface area contributed by atoms with E-state index in [0.717, 1.165) is 17.5 Å². The van der Waals surface area contributed by atoms with Crippen molar-refractivity contribution < 1.29 is 18.1 Å². The average molecular weight is 361 g/mol. The van der Waals surface area contributed by atoms with Gasteiger partial charge in [0.05, 0.1) is 6.04 Å². The number of hydrogen-bond acceptors (Lipinski definition) is 7. The second-order valence-corrected chi connectivity index (χ2v) is 5.86. The van der Waals surface area contributed by atoms with Gasteiger partial charge in [-0.3, -0.25) is 4.79 Å². The number of amides is 1. The van der Waals surface area contributed by atoms with Gasteiger partial charge < -0.3 is 9.84 Å². The van der Waals surface area contributed by atoms with Crippen molar-refractivity contribution >= 4 is 5.91 Å². The second-order valence-electron chi connectivity index (χ2n) is 5.86. The molecule has 0 fully saturated rings. The summed E-state index contributed by atoms with van der Waals surface area (Å²) in [4.78, 5) is 16.0. The highest BCUT2D eigenvalue weighted by atomic mass is 19.3. The predicted octanol–water partition coefficient (Wildman–Crippen LogP) is 1.61. The molecule has 134 valence electrons. The van der Waals surface area contributed by atoms with Gasteiger partial charge >= 0.3 is 6.43 Å². The Morgan fingerprint density at radius 1 is 1.42 bits per heavy atom. The van der Waals surface area contributed by atoms with E-state index in [1.54, 1.807) is 13.1 Å². The van der Waals surface area contributed by atoms with Gasteiger partial charge in [0, 0.05) is 12.6 Å². The summed E-state index contributed by atoms with van der Waals surface area (Å²) in [6.45, 7) is 0. The number of alkyl halides is 2. The van der Waals surface area contributed by atoms with Crippen molar-refractivity contribution in [2.75, 3.05) is 0 Å². The summed E-state index contributed by atoms with van der Waals surface area (Å²) in [5, 5.41) is 17.3. The van der Waals surface area contributed by atoms with E-state index in [9.17, 15) is 13.6 Å². The summed E-state index contributed by atoms with van der Waals surface area (Å²) in [5.41, 5.74) is 2.53. The number of carbonyl (C=O) groups excluding carboxylic acids is 1. The molecule has 9 nitrogen and oxygen atoms in total. The number of fused-ring (bicyclic) bond motifs is 1. The molecule has 4 rings (SSSR count). The molecule has 1 aromatic carbocycles. The van der Waals surface area contributed by atoms with E-state index < -0.39 is 12.3 Å². The highest BCUT2D eigenvalue weighted by molar-refractivity contribution is 5.90. The Labute approximate surface area is 145 Å². The number of aromatic nitrogens is 6. The fourth-order valence-corrected chi connectivity index (χ4v) is 2.99. The summed E-state index contributed by atoms with van der Waals surface area (Å²) < 4.78 is 31.0. The lowest BCUT2D eigenvalue weighted by Gasteiger charge is -2.13. The van der Waals surface area contributed by atoms with Crippen LogP contribution in [0.1, 0.15) is 46.5 Å². The SMILES string of the molecule is Cn1nnnc1C(=O)N[C@@H]1CCc2cc(-c3noc(C(F)F)n3)ccc21. The van der Waals surface area contributed by atoms with E-state index >= 15 is 0 Å². The van der Waals surface area contributed by atoms with Crippen LogP contribution in [0.3, 0.4) is 0 Å². The molecule has 1 amide bonds. The van der Waals surface area contributed by atoms with Crippen LogP contribution in [0, 0.1) is 0 Å². The van der Waals surface area contributed by atoms with Crippen LogP contribution < -0.4 is 5.32 Å². The van der Waals surface area contributed by atoms with Crippen LogP contribution in [-0.2, 0) is 13.5 Å². The summed E-state index contributed by atoms with van der Waals surface area (Å²) in [6.07, 6.45) is -1.37. The number of rotatable bonds is 4. The largest absolute Gasteiger partial charge is 0.342 e. The number of hydrogen-bond donors (Lipinski definition) is 1. The maximum atomic E-state index is 12.6.